The number of nitrogens with zero attached hydrogens (tertiary/aromatic N) is 1. The molecule has 0 N–H and O–H groups in total. The van der Waals surface area contributed by atoms with Gasteiger partial charge in [-0.3, -0.25) is 0 Å². The van der Waals surface area contributed by atoms with E-state index in [1.807, 2.05) is 0 Å². The molecule has 0 saturated carbocycles. The predicted octanol–water partition coefficient (Wildman–Crippen LogP) is -4.49. The van der Waals surface area contributed by atoms with Gasteiger partial charge < -0.3 is 16.4 Å². The van der Waals surface area contributed by atoms with Crippen molar-refractivity contribution in [3.63, 3.8) is 0 Å². The molecule has 0 aliphatic rings. The molecule has 1 amide bonds. The number of amides is 1. The zero-order valence-electron chi connectivity index (χ0n) is 9.38. The van der Waals surface area contributed by atoms with Gasteiger partial charge in [0.15, 0.2) is 0 Å². The van der Waals surface area contributed by atoms with Crippen LogP contribution in [0.25, 0.3) is 4.72 Å². The van der Waals surface area contributed by atoms with Crippen molar-refractivity contribution in [2.24, 2.45) is 0 Å². The van der Waals surface area contributed by atoms with E-state index in [0.717, 1.165) is 0 Å². The Kier molecular flexibility index (Phi) is 9.70. The van der Waals surface area contributed by atoms with E-state index in [1.54, 1.807) is 18.2 Å². The zero-order chi connectivity index (χ0) is 10.6. The van der Waals surface area contributed by atoms with Gasteiger partial charge in [-0.2, -0.15) is 0 Å². The molecule has 0 aliphatic heterocycles. The minimum Gasteiger partial charge on any atom is -0.544 e. The third-order valence-corrected chi connectivity index (χ3v) is 2.79. The molecule has 0 bridgehead atoms. The molecule has 0 fully saturated rings. The van der Waals surface area contributed by atoms with Crippen LogP contribution < -0.4 is 48.4 Å². The van der Waals surface area contributed by atoms with Crippen LogP contribution in [0.15, 0.2) is 35.2 Å². The minimum absolute atomic E-state index is 0. The molecule has 1 aromatic carbocycles. The fourth-order valence-corrected chi connectivity index (χ4v) is 1.79. The summed E-state index contributed by atoms with van der Waals surface area (Å²) < 4.78 is 25.8. The van der Waals surface area contributed by atoms with Gasteiger partial charge in [-0.15, -0.1) is 6.42 Å². The molecule has 0 spiro atoms. The molecule has 0 heterocycles. The normalized spacial score (nSPS) is 9.56. The second-order valence-electron chi connectivity index (χ2n) is 2.52. The Hall–Kier alpha value is 0.237. The van der Waals surface area contributed by atoms with E-state index in [9.17, 15) is 13.2 Å². The Balaban J connectivity index is 0. The Morgan fingerprint density at radius 1 is 1.25 bits per heavy atom. The standard InChI is InChI=1S/C9H10NO3S.Li.Na/c1-2-9(11)10-14(12,13)8-6-4-3-5-7-8;;/h3-7H,1-2H2,(H,10,11);;/q-1;2*+1/p-1. The van der Waals surface area contributed by atoms with Crippen molar-refractivity contribution >= 4 is 15.9 Å². The molecule has 0 saturated heterocycles. The van der Waals surface area contributed by atoms with Crippen LogP contribution in [0.2, 0.25) is 0 Å². The minimum atomic E-state index is -3.84. The fraction of sp³-hybridized carbons (Fsp3) is 0.111. The van der Waals surface area contributed by atoms with E-state index in [-0.39, 0.29) is 59.7 Å². The van der Waals surface area contributed by atoms with Crippen molar-refractivity contribution in [2.75, 3.05) is 0 Å². The number of hydrogen-bond donors (Lipinski definition) is 0. The van der Waals surface area contributed by atoms with Crippen molar-refractivity contribution in [1.82, 2.24) is 0 Å². The van der Waals surface area contributed by atoms with Gasteiger partial charge in [0.1, 0.15) is 10.0 Å². The number of carbonyl (C=O) groups is 1. The quantitative estimate of drug-likeness (QED) is 0.396. The SMILES string of the molecule is [CH2-]CC(=O)[N-]S(=O)(=O)c1ccccc1.[Li+].[Na+]. The first-order valence-electron chi connectivity index (χ1n) is 3.91. The third-order valence-electron chi connectivity index (χ3n) is 1.48. The second-order valence-corrected chi connectivity index (χ2v) is 4.13. The fourth-order valence-electron chi connectivity index (χ4n) is 0.825. The smallest absolute Gasteiger partial charge is 0.544 e. The molecule has 76 valence electrons. The van der Waals surface area contributed by atoms with Crippen LogP contribution in [0.3, 0.4) is 0 Å². The van der Waals surface area contributed by atoms with Gasteiger partial charge in [-0.05, 0) is 12.1 Å². The molecule has 0 atom stereocenters. The Morgan fingerprint density at radius 3 is 2.19 bits per heavy atom. The monoisotopic (exact) mass is 241 g/mol. The molecule has 7 heteroatoms. The van der Waals surface area contributed by atoms with Crippen LogP contribution in [0.1, 0.15) is 6.42 Å². The topological polar surface area (TPSA) is 65.3 Å². The molecule has 0 radical (unpaired) electrons. The van der Waals surface area contributed by atoms with Gasteiger partial charge in [0.05, 0.1) is 4.90 Å². The van der Waals surface area contributed by atoms with Crippen molar-refractivity contribution in [1.29, 1.82) is 0 Å². The predicted molar refractivity (Wildman–Crippen MR) is 52.0 cm³/mol. The number of benzene rings is 1. The Bertz CT molecular complexity index is 422. The number of sulfonamides is 1. The summed E-state index contributed by atoms with van der Waals surface area (Å²) in [6.45, 7) is 3.26. The molecule has 0 aromatic heterocycles. The molecule has 0 unspecified atom stereocenters. The summed E-state index contributed by atoms with van der Waals surface area (Å²) in [5.74, 6) is -0.742. The summed E-state index contributed by atoms with van der Waals surface area (Å²) in [5, 5.41) is 0. The van der Waals surface area contributed by atoms with Gasteiger partial charge in [-0.25, -0.2) is 8.42 Å². The van der Waals surface area contributed by atoms with Gasteiger partial charge >= 0.3 is 48.4 Å². The van der Waals surface area contributed by atoms with Crippen LogP contribution in [-0.2, 0) is 14.8 Å². The summed E-state index contributed by atoms with van der Waals surface area (Å²) in [7, 11) is -3.84. The van der Waals surface area contributed by atoms with Crippen molar-refractivity contribution in [3.05, 3.63) is 42.0 Å². The maximum Gasteiger partial charge on any atom is 1.00 e. The molecule has 4 nitrogen and oxygen atoms in total. The molecular formula is C9H9LiNNaO3S. The summed E-state index contributed by atoms with van der Waals surface area (Å²) in [4.78, 5) is 10.8. The Labute approximate surface area is 130 Å². The van der Waals surface area contributed by atoms with Gasteiger partial charge in [-0.1, -0.05) is 18.2 Å². The van der Waals surface area contributed by atoms with Gasteiger partial charge in [0.25, 0.3) is 0 Å². The second kappa shape index (κ2) is 8.35. The molecular weight excluding hydrogens is 232 g/mol. The summed E-state index contributed by atoms with van der Waals surface area (Å²) >= 11 is 0. The van der Waals surface area contributed by atoms with Gasteiger partial charge in [0, 0.05) is 5.91 Å². The maximum atomic E-state index is 11.4. The average molecular weight is 241 g/mol. The first-order chi connectivity index (χ1) is 6.56. The third kappa shape index (κ3) is 5.53. The summed E-state index contributed by atoms with van der Waals surface area (Å²) in [5.41, 5.74) is 0. The molecule has 0 aliphatic carbocycles. The Morgan fingerprint density at radius 2 is 1.75 bits per heavy atom. The van der Waals surface area contributed by atoms with E-state index in [4.69, 9.17) is 0 Å². The van der Waals surface area contributed by atoms with E-state index in [0.29, 0.717) is 0 Å². The maximum absolute atomic E-state index is 11.4. The van der Waals surface area contributed by atoms with Crippen LogP contribution in [0.4, 0.5) is 0 Å². The van der Waals surface area contributed by atoms with E-state index in [2.05, 4.69) is 11.6 Å². The van der Waals surface area contributed by atoms with Crippen LogP contribution in [0, 0.1) is 6.92 Å². The van der Waals surface area contributed by atoms with Crippen LogP contribution in [0.5, 0.6) is 0 Å². The largest absolute Gasteiger partial charge is 1.00 e. The van der Waals surface area contributed by atoms with Crippen LogP contribution in [-0.4, -0.2) is 14.3 Å². The van der Waals surface area contributed by atoms with Crippen molar-refractivity contribution in [2.45, 2.75) is 11.3 Å². The molecule has 16 heavy (non-hydrogen) atoms. The molecule has 1 rings (SSSR count). The number of carbonyl (C=O) groups excluding carboxylic acids is 1. The number of hydrogen-bond acceptors (Lipinski definition) is 3. The van der Waals surface area contributed by atoms with Crippen molar-refractivity contribution < 1.29 is 61.6 Å². The first kappa shape index (κ1) is 18.6. The zero-order valence-corrected chi connectivity index (χ0v) is 12.2. The van der Waals surface area contributed by atoms with Gasteiger partial charge in [0.2, 0.25) is 0 Å². The van der Waals surface area contributed by atoms with E-state index >= 15 is 0 Å². The van der Waals surface area contributed by atoms with Crippen LogP contribution >= 0.6 is 0 Å². The summed E-state index contributed by atoms with van der Waals surface area (Å²) in [6.07, 6.45) is -0.161. The first-order valence-corrected chi connectivity index (χ1v) is 5.35. The molecule has 1 aromatic rings. The van der Waals surface area contributed by atoms with Crippen molar-refractivity contribution in [3.8, 4) is 0 Å². The summed E-state index contributed by atoms with van der Waals surface area (Å²) in [6, 6.07) is 7.58. The van der Waals surface area contributed by atoms with E-state index < -0.39 is 15.9 Å². The number of rotatable bonds is 3. The average Bonchev–Trinajstić information content (AvgIpc) is 2.18. The van der Waals surface area contributed by atoms with E-state index in [1.165, 1.54) is 12.1 Å².